The molecule has 3 nitrogen and oxygen atoms in total. The van der Waals surface area contributed by atoms with E-state index < -0.39 is 0 Å². The third-order valence-corrected chi connectivity index (χ3v) is 3.80. The molecule has 0 fully saturated rings. The number of nitrogens with one attached hydrogen (secondary N) is 1. The number of fused-ring (bicyclic) bond motifs is 1. The van der Waals surface area contributed by atoms with Gasteiger partial charge in [0.15, 0.2) is 0 Å². The molecular weight excluding hydrogens is 241 g/mol. The second-order valence-electron chi connectivity index (χ2n) is 4.93. The number of hydrogen-bond acceptors (Lipinski definition) is 3. The maximum absolute atomic E-state index is 13.7. The van der Waals surface area contributed by atoms with E-state index in [0.29, 0.717) is 11.6 Å². The van der Waals surface area contributed by atoms with Gasteiger partial charge in [0.2, 0.25) is 0 Å². The lowest BCUT2D eigenvalue weighted by molar-refractivity contribution is 0.412. The van der Waals surface area contributed by atoms with E-state index in [2.05, 4.69) is 22.5 Å². The van der Waals surface area contributed by atoms with Gasteiger partial charge in [0, 0.05) is 6.20 Å². The molecule has 1 aliphatic carbocycles. The fourth-order valence-corrected chi connectivity index (χ4v) is 2.77. The molecule has 0 spiro atoms. The third-order valence-electron chi connectivity index (χ3n) is 3.80. The summed E-state index contributed by atoms with van der Waals surface area (Å²) in [4.78, 5) is 4.10. The van der Waals surface area contributed by atoms with Gasteiger partial charge in [0.1, 0.15) is 5.82 Å². The molecule has 19 heavy (non-hydrogen) atoms. The number of pyridine rings is 1. The molecule has 4 heteroatoms. The van der Waals surface area contributed by atoms with Crippen LogP contribution in [0.3, 0.4) is 0 Å². The van der Waals surface area contributed by atoms with E-state index in [1.54, 1.807) is 12.3 Å². The largest absolute Gasteiger partial charge is 0.271 e. The number of hydrogen-bond donors (Lipinski definition) is 2. The summed E-state index contributed by atoms with van der Waals surface area (Å²) in [5.74, 6) is 5.69. The van der Waals surface area contributed by atoms with Crippen molar-refractivity contribution in [2.45, 2.75) is 24.8 Å². The summed E-state index contributed by atoms with van der Waals surface area (Å²) in [6.07, 6.45) is 3.39. The summed E-state index contributed by atoms with van der Waals surface area (Å²) in [6.45, 7) is 0. The first kappa shape index (κ1) is 12.3. The minimum Gasteiger partial charge on any atom is -0.271 e. The van der Waals surface area contributed by atoms with Crippen LogP contribution < -0.4 is 11.3 Å². The SMILES string of the molecule is NNC(CC1Cc2ccccc21)c1ncccc1F. The lowest BCUT2D eigenvalue weighted by atomic mass is 9.74. The van der Waals surface area contributed by atoms with Crippen molar-refractivity contribution in [3.05, 3.63) is 65.2 Å². The molecule has 98 valence electrons. The number of nitrogens with zero attached hydrogens (tertiary/aromatic N) is 1. The minimum atomic E-state index is -0.307. The van der Waals surface area contributed by atoms with Crippen molar-refractivity contribution in [3.8, 4) is 0 Å². The monoisotopic (exact) mass is 257 g/mol. The van der Waals surface area contributed by atoms with Gasteiger partial charge < -0.3 is 0 Å². The highest BCUT2D eigenvalue weighted by atomic mass is 19.1. The molecule has 0 bridgehead atoms. The lowest BCUT2D eigenvalue weighted by Crippen LogP contribution is -2.32. The first-order chi connectivity index (χ1) is 9.29. The average molecular weight is 257 g/mol. The van der Waals surface area contributed by atoms with Crippen LogP contribution in [0.4, 0.5) is 4.39 Å². The van der Waals surface area contributed by atoms with Crippen molar-refractivity contribution in [2.24, 2.45) is 5.84 Å². The van der Waals surface area contributed by atoms with E-state index in [1.165, 1.54) is 17.2 Å². The molecule has 0 saturated heterocycles. The van der Waals surface area contributed by atoms with Gasteiger partial charge in [-0.05, 0) is 42.0 Å². The Bertz CT molecular complexity index is 585. The Hall–Kier alpha value is -1.78. The molecule has 1 aliphatic rings. The predicted molar refractivity (Wildman–Crippen MR) is 71.8 cm³/mol. The first-order valence-electron chi connectivity index (χ1n) is 6.44. The van der Waals surface area contributed by atoms with Gasteiger partial charge in [-0.25, -0.2) is 4.39 Å². The third kappa shape index (κ3) is 2.25. The normalized spacial score (nSPS) is 18.5. The summed E-state index contributed by atoms with van der Waals surface area (Å²) in [6, 6.07) is 11.1. The standard InChI is InChI=1S/C15H16FN3/c16-13-6-3-7-18-15(13)14(19-17)9-11-8-10-4-1-2-5-12(10)11/h1-7,11,14,19H,8-9,17H2. The summed E-state index contributed by atoms with van der Waals surface area (Å²) < 4.78 is 13.7. The molecule has 0 saturated carbocycles. The highest BCUT2D eigenvalue weighted by Crippen LogP contribution is 2.40. The highest BCUT2D eigenvalue weighted by molar-refractivity contribution is 5.40. The topological polar surface area (TPSA) is 50.9 Å². The lowest BCUT2D eigenvalue weighted by Gasteiger charge is -2.32. The number of hydrazine groups is 1. The zero-order valence-corrected chi connectivity index (χ0v) is 10.5. The molecule has 0 amide bonds. The quantitative estimate of drug-likeness (QED) is 0.653. The Morgan fingerprint density at radius 1 is 1.32 bits per heavy atom. The van der Waals surface area contributed by atoms with Crippen LogP contribution in [-0.2, 0) is 6.42 Å². The number of aromatic nitrogens is 1. The zero-order chi connectivity index (χ0) is 13.2. The molecule has 0 radical (unpaired) electrons. The Morgan fingerprint density at radius 3 is 2.89 bits per heavy atom. The number of rotatable bonds is 4. The van der Waals surface area contributed by atoms with E-state index >= 15 is 0 Å². The van der Waals surface area contributed by atoms with E-state index in [1.807, 2.05) is 12.1 Å². The first-order valence-corrected chi connectivity index (χ1v) is 6.44. The fraction of sp³-hybridized carbons (Fsp3) is 0.267. The Labute approximate surface area is 111 Å². The van der Waals surface area contributed by atoms with Crippen molar-refractivity contribution in [1.82, 2.24) is 10.4 Å². The van der Waals surface area contributed by atoms with Crippen LogP contribution in [0.15, 0.2) is 42.6 Å². The summed E-state index contributed by atoms with van der Waals surface area (Å²) in [5.41, 5.74) is 5.81. The molecule has 3 rings (SSSR count). The van der Waals surface area contributed by atoms with Crippen LogP contribution in [0.1, 0.15) is 35.2 Å². The van der Waals surface area contributed by atoms with Crippen LogP contribution >= 0.6 is 0 Å². The summed E-state index contributed by atoms with van der Waals surface area (Å²) in [5, 5.41) is 0. The molecule has 2 aromatic rings. The fourth-order valence-electron chi connectivity index (χ4n) is 2.77. The smallest absolute Gasteiger partial charge is 0.146 e. The van der Waals surface area contributed by atoms with Crippen molar-refractivity contribution < 1.29 is 4.39 Å². The van der Waals surface area contributed by atoms with Crippen LogP contribution in [0.2, 0.25) is 0 Å². The molecule has 0 aliphatic heterocycles. The van der Waals surface area contributed by atoms with Gasteiger partial charge in [-0.1, -0.05) is 24.3 Å². The molecule has 1 aromatic carbocycles. The van der Waals surface area contributed by atoms with Crippen LogP contribution in [-0.4, -0.2) is 4.98 Å². The van der Waals surface area contributed by atoms with E-state index in [9.17, 15) is 4.39 Å². The average Bonchev–Trinajstić information content (AvgIpc) is 2.42. The molecular formula is C15H16FN3. The van der Waals surface area contributed by atoms with E-state index in [0.717, 1.165) is 12.8 Å². The minimum absolute atomic E-state index is 0.250. The maximum Gasteiger partial charge on any atom is 0.146 e. The van der Waals surface area contributed by atoms with Gasteiger partial charge in [-0.3, -0.25) is 16.3 Å². The molecule has 3 N–H and O–H groups in total. The Kier molecular flexibility index (Phi) is 3.27. The second-order valence-corrected chi connectivity index (χ2v) is 4.93. The molecule has 2 atom stereocenters. The van der Waals surface area contributed by atoms with E-state index in [4.69, 9.17) is 5.84 Å². The van der Waals surface area contributed by atoms with Gasteiger partial charge in [-0.15, -0.1) is 0 Å². The van der Waals surface area contributed by atoms with Crippen molar-refractivity contribution in [1.29, 1.82) is 0 Å². The van der Waals surface area contributed by atoms with Crippen molar-refractivity contribution >= 4 is 0 Å². The van der Waals surface area contributed by atoms with Crippen LogP contribution in [0, 0.1) is 5.82 Å². The Morgan fingerprint density at radius 2 is 2.16 bits per heavy atom. The number of benzene rings is 1. The van der Waals surface area contributed by atoms with Gasteiger partial charge in [-0.2, -0.15) is 0 Å². The van der Waals surface area contributed by atoms with Crippen molar-refractivity contribution in [2.75, 3.05) is 0 Å². The second kappa shape index (κ2) is 5.07. The van der Waals surface area contributed by atoms with Gasteiger partial charge in [0.05, 0.1) is 11.7 Å². The number of halogens is 1. The summed E-state index contributed by atoms with van der Waals surface area (Å²) in [7, 11) is 0. The van der Waals surface area contributed by atoms with E-state index in [-0.39, 0.29) is 11.9 Å². The number of nitrogens with two attached hydrogens (primary N) is 1. The maximum atomic E-state index is 13.7. The van der Waals surface area contributed by atoms with Crippen LogP contribution in [0.5, 0.6) is 0 Å². The van der Waals surface area contributed by atoms with Crippen LogP contribution in [0.25, 0.3) is 0 Å². The Balaban J connectivity index is 1.78. The summed E-state index contributed by atoms with van der Waals surface area (Å²) >= 11 is 0. The predicted octanol–water partition coefficient (Wildman–Crippen LogP) is 2.46. The molecule has 2 unspecified atom stereocenters. The highest BCUT2D eigenvalue weighted by Gasteiger charge is 2.29. The van der Waals surface area contributed by atoms with Gasteiger partial charge >= 0.3 is 0 Å². The molecule has 1 aromatic heterocycles. The zero-order valence-electron chi connectivity index (χ0n) is 10.5. The molecule has 1 heterocycles. The van der Waals surface area contributed by atoms with Gasteiger partial charge in [0.25, 0.3) is 0 Å². The van der Waals surface area contributed by atoms with Crippen molar-refractivity contribution in [3.63, 3.8) is 0 Å².